The maximum Gasteiger partial charge on any atom is 0.233 e. The van der Waals surface area contributed by atoms with Crippen molar-refractivity contribution in [3.63, 3.8) is 0 Å². The van der Waals surface area contributed by atoms with E-state index >= 15 is 0 Å². The summed E-state index contributed by atoms with van der Waals surface area (Å²) < 4.78 is 0. The summed E-state index contributed by atoms with van der Waals surface area (Å²) >= 11 is 0. The van der Waals surface area contributed by atoms with Gasteiger partial charge < -0.3 is 0 Å². The Hall–Kier alpha value is -2.82. The number of pyridine rings is 1. The van der Waals surface area contributed by atoms with Crippen molar-refractivity contribution in [2.24, 2.45) is 5.41 Å². The number of aryl methyl sites for hydroxylation is 2. The Labute approximate surface area is 177 Å². The van der Waals surface area contributed by atoms with E-state index in [9.17, 15) is 14.4 Å². The number of benzene rings is 1. The van der Waals surface area contributed by atoms with Crippen LogP contribution in [0.25, 0.3) is 0 Å². The second-order valence-electron chi connectivity index (χ2n) is 9.07. The third kappa shape index (κ3) is 4.07. The molecule has 2 atom stereocenters. The van der Waals surface area contributed by atoms with Gasteiger partial charge in [-0.2, -0.15) is 0 Å². The lowest BCUT2D eigenvalue weighted by Crippen LogP contribution is -2.33. The van der Waals surface area contributed by atoms with E-state index in [1.54, 1.807) is 0 Å². The Kier molecular flexibility index (Phi) is 5.31. The van der Waals surface area contributed by atoms with Crippen LogP contribution in [0.2, 0.25) is 0 Å². The molecule has 2 aliphatic rings. The maximum absolute atomic E-state index is 12.7. The highest BCUT2D eigenvalue weighted by atomic mass is 16.2. The molecule has 30 heavy (non-hydrogen) atoms. The molecule has 1 aromatic heterocycles. The third-order valence-corrected chi connectivity index (χ3v) is 6.63. The normalized spacial score (nSPS) is 22.1. The summed E-state index contributed by atoms with van der Waals surface area (Å²) in [4.78, 5) is 41.3. The lowest BCUT2D eigenvalue weighted by molar-refractivity contribution is -0.128. The van der Waals surface area contributed by atoms with E-state index in [1.165, 1.54) is 24.1 Å². The molecule has 1 N–H and O–H groups in total. The number of hydrogen-bond donors (Lipinski definition) is 1. The molecular formula is C25H28N2O3. The lowest BCUT2D eigenvalue weighted by Gasteiger charge is -2.28. The number of imide groups is 1. The summed E-state index contributed by atoms with van der Waals surface area (Å²) in [6, 6.07) is 11.7. The molecule has 2 heterocycles. The smallest absolute Gasteiger partial charge is 0.233 e. The van der Waals surface area contributed by atoms with Crippen molar-refractivity contribution in [2.45, 2.75) is 64.7 Å². The zero-order chi connectivity index (χ0) is 21.5. The Morgan fingerprint density at radius 1 is 1.20 bits per heavy atom. The predicted octanol–water partition coefficient (Wildman–Crippen LogP) is 4.24. The molecule has 1 saturated carbocycles. The quantitative estimate of drug-likeness (QED) is 0.553. The molecule has 0 unspecified atom stereocenters. The molecule has 0 spiro atoms. The number of Topliss-reactive ketones (excluding diaryl/α,β-unsaturated/α-hetero) is 1. The van der Waals surface area contributed by atoms with Crippen LogP contribution in [0.4, 0.5) is 0 Å². The van der Waals surface area contributed by atoms with Gasteiger partial charge in [-0.3, -0.25) is 24.7 Å². The van der Waals surface area contributed by atoms with Gasteiger partial charge >= 0.3 is 0 Å². The number of rotatable bonds is 7. The van der Waals surface area contributed by atoms with Gasteiger partial charge in [0.15, 0.2) is 5.78 Å². The zero-order valence-corrected chi connectivity index (χ0v) is 17.8. The molecular weight excluding hydrogens is 376 g/mol. The van der Waals surface area contributed by atoms with Gasteiger partial charge in [0, 0.05) is 35.7 Å². The van der Waals surface area contributed by atoms with Gasteiger partial charge in [-0.25, -0.2) is 0 Å². The molecule has 2 amide bonds. The Morgan fingerprint density at radius 2 is 1.90 bits per heavy atom. The van der Waals surface area contributed by atoms with Crippen molar-refractivity contribution in [1.82, 2.24) is 10.3 Å². The Balaban J connectivity index is 1.41. The van der Waals surface area contributed by atoms with Crippen LogP contribution in [0, 0.1) is 12.3 Å². The zero-order valence-electron chi connectivity index (χ0n) is 17.8. The largest absolute Gasteiger partial charge is 0.296 e. The minimum atomic E-state index is -0.751. The molecule has 5 heteroatoms. The Morgan fingerprint density at radius 3 is 2.50 bits per heavy atom. The summed E-state index contributed by atoms with van der Waals surface area (Å²) in [5, 5.41) is 2.40. The summed E-state index contributed by atoms with van der Waals surface area (Å²) in [6.07, 6.45) is 3.69. The summed E-state index contributed by atoms with van der Waals surface area (Å²) in [5.74, 6) is 0.121. The number of carbonyl (C=O) groups excluding carboxylic acids is 3. The predicted molar refractivity (Wildman–Crippen MR) is 114 cm³/mol. The van der Waals surface area contributed by atoms with E-state index in [4.69, 9.17) is 4.98 Å². The average Bonchev–Trinajstić information content (AvgIpc) is 3.52. The molecule has 4 rings (SSSR count). The maximum atomic E-state index is 12.7. The number of nitrogens with zero attached hydrogens (tertiary/aromatic N) is 1. The van der Waals surface area contributed by atoms with Crippen LogP contribution in [0.3, 0.4) is 0 Å². The second kappa shape index (κ2) is 7.78. The second-order valence-corrected chi connectivity index (χ2v) is 9.07. The molecule has 5 nitrogen and oxygen atoms in total. The molecule has 1 aliphatic carbocycles. The van der Waals surface area contributed by atoms with Crippen LogP contribution in [0.1, 0.15) is 84.2 Å². The van der Waals surface area contributed by atoms with Crippen LogP contribution in [-0.2, 0) is 16.0 Å². The fourth-order valence-corrected chi connectivity index (χ4v) is 4.27. The van der Waals surface area contributed by atoms with E-state index < -0.39 is 5.41 Å². The van der Waals surface area contributed by atoms with Crippen molar-refractivity contribution in [3.8, 4) is 0 Å². The van der Waals surface area contributed by atoms with Crippen LogP contribution < -0.4 is 5.32 Å². The summed E-state index contributed by atoms with van der Waals surface area (Å²) in [5.41, 5.74) is 4.22. The van der Waals surface area contributed by atoms with Gasteiger partial charge in [-0.1, -0.05) is 31.2 Å². The van der Waals surface area contributed by atoms with E-state index in [-0.39, 0.29) is 29.9 Å². The fraction of sp³-hybridized carbons (Fsp3) is 0.440. The van der Waals surface area contributed by atoms with Crippen LogP contribution in [0.15, 0.2) is 36.4 Å². The van der Waals surface area contributed by atoms with Crippen molar-refractivity contribution < 1.29 is 14.4 Å². The highest BCUT2D eigenvalue weighted by Crippen LogP contribution is 2.41. The monoisotopic (exact) mass is 404 g/mol. The van der Waals surface area contributed by atoms with Crippen LogP contribution >= 0.6 is 0 Å². The molecule has 2 aromatic rings. The molecule has 2 fully saturated rings. The first-order valence-corrected chi connectivity index (χ1v) is 10.7. The fourth-order valence-electron chi connectivity index (χ4n) is 4.27. The van der Waals surface area contributed by atoms with Gasteiger partial charge in [0.25, 0.3) is 0 Å². The minimum Gasteiger partial charge on any atom is -0.296 e. The number of amides is 2. The highest BCUT2D eigenvalue weighted by Gasteiger charge is 2.46. The number of carbonyl (C=O) groups is 3. The van der Waals surface area contributed by atoms with E-state index in [2.05, 4.69) is 24.4 Å². The van der Waals surface area contributed by atoms with Gasteiger partial charge in [0.05, 0.1) is 5.41 Å². The third-order valence-electron chi connectivity index (χ3n) is 6.63. The van der Waals surface area contributed by atoms with Crippen molar-refractivity contribution in [2.75, 3.05) is 0 Å². The first-order valence-electron chi connectivity index (χ1n) is 10.7. The van der Waals surface area contributed by atoms with Crippen LogP contribution in [-0.4, -0.2) is 22.6 Å². The molecule has 1 aromatic carbocycles. The topological polar surface area (TPSA) is 76.1 Å². The minimum absolute atomic E-state index is 0.0884. The SMILES string of the molecule is Cc1cc(CCC(=O)c2ccc([C@@H](C)[C@]3(C)CC(=O)NC3=O)cc2)nc(C2CC2)c1. The van der Waals surface area contributed by atoms with E-state index in [0.29, 0.717) is 24.3 Å². The van der Waals surface area contributed by atoms with Crippen molar-refractivity contribution >= 4 is 17.6 Å². The molecule has 156 valence electrons. The van der Waals surface area contributed by atoms with E-state index in [0.717, 1.165) is 11.3 Å². The molecule has 1 aliphatic heterocycles. The molecule has 1 saturated heterocycles. The Bertz CT molecular complexity index is 1010. The standard InChI is InChI=1S/C25H28N2O3/c1-15-12-20(26-21(13-15)18-6-7-18)10-11-22(28)19-8-4-17(5-9-19)16(2)25(3)14-23(29)27-24(25)30/h4-5,8-9,12-13,16,18H,6-7,10-11,14H2,1-3H3,(H,27,29,30)/t16-,25+/m1/s1. The number of ketones is 1. The summed E-state index contributed by atoms with van der Waals surface area (Å²) in [6.45, 7) is 5.86. The average molecular weight is 405 g/mol. The van der Waals surface area contributed by atoms with Crippen LogP contribution in [0.5, 0.6) is 0 Å². The van der Waals surface area contributed by atoms with Crippen molar-refractivity contribution in [1.29, 1.82) is 0 Å². The van der Waals surface area contributed by atoms with Gasteiger partial charge in [0.2, 0.25) is 11.8 Å². The van der Waals surface area contributed by atoms with E-state index in [1.807, 2.05) is 38.1 Å². The van der Waals surface area contributed by atoms with Gasteiger partial charge in [-0.15, -0.1) is 0 Å². The first-order chi connectivity index (χ1) is 14.3. The lowest BCUT2D eigenvalue weighted by atomic mass is 9.73. The number of nitrogens with one attached hydrogen (secondary N) is 1. The summed E-state index contributed by atoms with van der Waals surface area (Å²) in [7, 11) is 0. The first kappa shape index (κ1) is 20.5. The highest BCUT2D eigenvalue weighted by molar-refractivity contribution is 6.06. The van der Waals surface area contributed by atoms with Gasteiger partial charge in [-0.05, 0) is 62.3 Å². The molecule has 0 bridgehead atoms. The number of hydrogen-bond acceptors (Lipinski definition) is 4. The molecule has 0 radical (unpaired) electrons. The number of aromatic nitrogens is 1. The van der Waals surface area contributed by atoms with Crippen molar-refractivity contribution in [3.05, 3.63) is 64.5 Å². The van der Waals surface area contributed by atoms with Gasteiger partial charge in [0.1, 0.15) is 0 Å².